The Hall–Kier alpha value is -1.88. The highest BCUT2D eigenvalue weighted by molar-refractivity contribution is 5.79. The van der Waals surface area contributed by atoms with Crippen LogP contribution in [0.3, 0.4) is 0 Å². The van der Waals surface area contributed by atoms with Crippen LogP contribution in [0.4, 0.5) is 0 Å². The van der Waals surface area contributed by atoms with Gasteiger partial charge in [0.15, 0.2) is 6.10 Å². The standard InChI is InChI=1S/C12H14N2O3/c15-12(11-5-1-2-7-16-11)14-17-9-10-4-3-6-13-8-10/h2-4,6-8,11H,1,5,9H2,(H,14,15). The second kappa shape index (κ2) is 6.00. The minimum Gasteiger partial charge on any atom is -0.488 e. The second-order valence-corrected chi connectivity index (χ2v) is 3.69. The van der Waals surface area contributed by atoms with Crippen LogP contribution in [-0.2, 0) is 21.0 Å². The summed E-state index contributed by atoms with van der Waals surface area (Å²) in [4.78, 5) is 20.6. The van der Waals surface area contributed by atoms with Gasteiger partial charge in [-0.15, -0.1) is 0 Å². The molecule has 0 spiro atoms. The van der Waals surface area contributed by atoms with Gasteiger partial charge in [-0.3, -0.25) is 14.6 Å². The summed E-state index contributed by atoms with van der Waals surface area (Å²) in [5.41, 5.74) is 3.28. The van der Waals surface area contributed by atoms with Crippen molar-refractivity contribution >= 4 is 5.91 Å². The van der Waals surface area contributed by atoms with Crippen molar-refractivity contribution in [2.75, 3.05) is 0 Å². The van der Waals surface area contributed by atoms with E-state index in [1.165, 1.54) is 0 Å². The van der Waals surface area contributed by atoms with E-state index in [2.05, 4.69) is 10.5 Å². The molecule has 1 unspecified atom stereocenters. The maximum Gasteiger partial charge on any atom is 0.284 e. The van der Waals surface area contributed by atoms with Gasteiger partial charge in [0.05, 0.1) is 6.26 Å². The summed E-state index contributed by atoms with van der Waals surface area (Å²) >= 11 is 0. The number of nitrogens with zero attached hydrogens (tertiary/aromatic N) is 1. The minimum atomic E-state index is -0.450. The molecule has 2 rings (SSSR count). The van der Waals surface area contributed by atoms with Crippen LogP contribution in [-0.4, -0.2) is 17.0 Å². The van der Waals surface area contributed by atoms with Gasteiger partial charge in [-0.25, -0.2) is 5.48 Å². The predicted octanol–water partition coefficient (Wildman–Crippen LogP) is 1.32. The topological polar surface area (TPSA) is 60.5 Å². The lowest BCUT2D eigenvalue weighted by Crippen LogP contribution is -2.36. The van der Waals surface area contributed by atoms with Crippen molar-refractivity contribution in [1.82, 2.24) is 10.5 Å². The number of amides is 1. The fraction of sp³-hybridized carbons (Fsp3) is 0.333. The van der Waals surface area contributed by atoms with E-state index in [0.29, 0.717) is 13.0 Å². The van der Waals surface area contributed by atoms with E-state index in [9.17, 15) is 4.79 Å². The van der Waals surface area contributed by atoms with Crippen LogP contribution in [0.25, 0.3) is 0 Å². The fourth-order valence-electron chi connectivity index (χ4n) is 1.47. The Balaban J connectivity index is 1.71. The summed E-state index contributed by atoms with van der Waals surface area (Å²) in [7, 11) is 0. The Morgan fingerprint density at radius 1 is 1.65 bits per heavy atom. The third-order valence-electron chi connectivity index (χ3n) is 2.36. The van der Waals surface area contributed by atoms with Crippen LogP contribution in [0.1, 0.15) is 18.4 Å². The molecule has 0 aromatic carbocycles. The predicted molar refractivity (Wildman–Crippen MR) is 60.4 cm³/mol. The number of carbonyl (C=O) groups is 1. The van der Waals surface area contributed by atoms with Crippen LogP contribution >= 0.6 is 0 Å². The summed E-state index contributed by atoms with van der Waals surface area (Å²) in [5, 5.41) is 0. The summed E-state index contributed by atoms with van der Waals surface area (Å²) in [6.07, 6.45) is 7.89. The van der Waals surface area contributed by atoms with Gasteiger partial charge in [-0.2, -0.15) is 0 Å². The molecule has 0 fully saturated rings. The third kappa shape index (κ3) is 3.57. The number of pyridine rings is 1. The molecule has 0 radical (unpaired) electrons. The third-order valence-corrected chi connectivity index (χ3v) is 2.36. The molecule has 0 saturated carbocycles. The molecule has 1 amide bonds. The normalized spacial score (nSPS) is 18.5. The fourth-order valence-corrected chi connectivity index (χ4v) is 1.47. The molecule has 1 aliphatic rings. The Kier molecular flexibility index (Phi) is 4.10. The van der Waals surface area contributed by atoms with Crippen molar-refractivity contribution in [2.24, 2.45) is 0 Å². The van der Waals surface area contributed by atoms with E-state index in [1.807, 2.05) is 18.2 Å². The van der Waals surface area contributed by atoms with Crippen LogP contribution in [0, 0.1) is 0 Å². The number of hydrogen-bond donors (Lipinski definition) is 1. The number of allylic oxidation sites excluding steroid dienone is 1. The first-order valence-corrected chi connectivity index (χ1v) is 5.47. The van der Waals surface area contributed by atoms with E-state index in [-0.39, 0.29) is 5.91 Å². The Bertz CT molecular complexity index is 392. The largest absolute Gasteiger partial charge is 0.488 e. The molecular weight excluding hydrogens is 220 g/mol. The van der Waals surface area contributed by atoms with Crippen molar-refractivity contribution in [3.8, 4) is 0 Å². The Morgan fingerprint density at radius 3 is 3.29 bits per heavy atom. The van der Waals surface area contributed by atoms with Crippen LogP contribution in [0.5, 0.6) is 0 Å². The van der Waals surface area contributed by atoms with E-state index in [1.54, 1.807) is 18.7 Å². The molecule has 90 valence electrons. The van der Waals surface area contributed by atoms with Crippen LogP contribution in [0.15, 0.2) is 36.9 Å². The first-order chi connectivity index (χ1) is 8.36. The smallest absolute Gasteiger partial charge is 0.284 e. The van der Waals surface area contributed by atoms with Crippen molar-refractivity contribution < 1.29 is 14.4 Å². The van der Waals surface area contributed by atoms with Gasteiger partial charge in [-0.1, -0.05) is 6.07 Å². The highest BCUT2D eigenvalue weighted by Gasteiger charge is 2.20. The average molecular weight is 234 g/mol. The van der Waals surface area contributed by atoms with Crippen LogP contribution < -0.4 is 5.48 Å². The molecule has 0 aliphatic carbocycles. The highest BCUT2D eigenvalue weighted by atomic mass is 16.7. The Morgan fingerprint density at radius 2 is 2.59 bits per heavy atom. The zero-order valence-electron chi connectivity index (χ0n) is 9.33. The molecule has 2 heterocycles. The average Bonchev–Trinajstić information content (AvgIpc) is 2.41. The number of nitrogens with one attached hydrogen (secondary N) is 1. The molecular formula is C12H14N2O3. The zero-order valence-corrected chi connectivity index (χ0v) is 9.33. The summed E-state index contributed by atoms with van der Waals surface area (Å²) < 4.78 is 5.16. The van der Waals surface area contributed by atoms with Crippen molar-refractivity contribution in [1.29, 1.82) is 0 Å². The Labute approximate surface area is 99.4 Å². The summed E-state index contributed by atoms with van der Waals surface area (Å²) in [6, 6.07) is 3.69. The van der Waals surface area contributed by atoms with Gasteiger partial charge in [-0.05, 0) is 30.5 Å². The summed E-state index contributed by atoms with van der Waals surface area (Å²) in [6.45, 7) is 0.294. The maximum absolute atomic E-state index is 11.6. The van der Waals surface area contributed by atoms with E-state index in [4.69, 9.17) is 9.57 Å². The number of hydroxylamine groups is 1. The van der Waals surface area contributed by atoms with Gasteiger partial charge in [0.25, 0.3) is 5.91 Å². The first-order valence-electron chi connectivity index (χ1n) is 5.47. The van der Waals surface area contributed by atoms with Crippen molar-refractivity contribution in [2.45, 2.75) is 25.6 Å². The molecule has 1 aromatic heterocycles. The van der Waals surface area contributed by atoms with Gasteiger partial charge < -0.3 is 4.74 Å². The number of hydrogen-bond acceptors (Lipinski definition) is 4. The molecule has 1 aliphatic heterocycles. The van der Waals surface area contributed by atoms with Crippen LogP contribution in [0.2, 0.25) is 0 Å². The SMILES string of the molecule is O=C(NOCc1cccnc1)C1CCC=CO1. The van der Waals surface area contributed by atoms with E-state index < -0.39 is 6.10 Å². The van der Waals surface area contributed by atoms with E-state index in [0.717, 1.165) is 12.0 Å². The number of aromatic nitrogens is 1. The molecule has 1 N–H and O–H groups in total. The number of rotatable bonds is 4. The molecule has 5 nitrogen and oxygen atoms in total. The van der Waals surface area contributed by atoms with Crippen molar-refractivity contribution in [3.63, 3.8) is 0 Å². The van der Waals surface area contributed by atoms with Gasteiger partial charge in [0.1, 0.15) is 6.61 Å². The molecule has 0 bridgehead atoms. The highest BCUT2D eigenvalue weighted by Crippen LogP contribution is 2.10. The lowest BCUT2D eigenvalue weighted by atomic mass is 10.1. The summed E-state index contributed by atoms with van der Waals surface area (Å²) in [5.74, 6) is -0.252. The molecule has 0 saturated heterocycles. The van der Waals surface area contributed by atoms with Gasteiger partial charge in [0.2, 0.25) is 0 Å². The second-order valence-electron chi connectivity index (χ2n) is 3.69. The van der Waals surface area contributed by atoms with E-state index >= 15 is 0 Å². The molecule has 5 heteroatoms. The number of carbonyl (C=O) groups excluding carboxylic acids is 1. The first kappa shape index (κ1) is 11.6. The van der Waals surface area contributed by atoms with Crippen molar-refractivity contribution in [3.05, 3.63) is 42.4 Å². The quantitative estimate of drug-likeness (QED) is 0.798. The monoisotopic (exact) mass is 234 g/mol. The van der Waals surface area contributed by atoms with Gasteiger partial charge in [0, 0.05) is 12.4 Å². The maximum atomic E-state index is 11.6. The lowest BCUT2D eigenvalue weighted by Gasteiger charge is -2.18. The molecule has 17 heavy (non-hydrogen) atoms. The lowest BCUT2D eigenvalue weighted by molar-refractivity contribution is -0.144. The zero-order chi connectivity index (χ0) is 11.9. The number of ether oxygens (including phenoxy) is 1. The molecule has 1 aromatic rings. The minimum absolute atomic E-state index is 0.252. The van der Waals surface area contributed by atoms with Gasteiger partial charge >= 0.3 is 0 Å². The molecule has 1 atom stereocenters.